The molecule has 0 saturated heterocycles. The standard InChI is InChI=1S/C14H24N4O2/c1-14(2,3)13-15-11(16-17-13)12(19)18(4)7-8-20-9-10-5-6-10/h10H,5-9H2,1-4H3,(H,15,16,17). The van der Waals surface area contributed by atoms with Crippen molar-refractivity contribution in [1.82, 2.24) is 20.1 Å². The molecule has 0 radical (unpaired) electrons. The second-order valence-electron chi connectivity index (χ2n) is 6.50. The molecule has 0 atom stereocenters. The summed E-state index contributed by atoms with van der Waals surface area (Å²) in [5, 5.41) is 6.83. The largest absolute Gasteiger partial charge is 0.379 e. The Kier molecular flexibility index (Phi) is 4.42. The quantitative estimate of drug-likeness (QED) is 0.803. The van der Waals surface area contributed by atoms with Crippen molar-refractivity contribution in [3.05, 3.63) is 11.6 Å². The molecule has 1 heterocycles. The van der Waals surface area contributed by atoms with Gasteiger partial charge in [0.05, 0.1) is 6.61 Å². The van der Waals surface area contributed by atoms with Crippen molar-refractivity contribution in [2.75, 3.05) is 26.8 Å². The third-order valence-electron chi connectivity index (χ3n) is 3.36. The van der Waals surface area contributed by atoms with Gasteiger partial charge in [0.25, 0.3) is 5.91 Å². The molecule has 2 rings (SSSR count). The van der Waals surface area contributed by atoms with E-state index in [0.29, 0.717) is 13.2 Å². The number of H-pyrrole nitrogens is 1. The Balaban J connectivity index is 1.81. The first-order valence-corrected chi connectivity index (χ1v) is 7.14. The van der Waals surface area contributed by atoms with E-state index in [1.807, 2.05) is 20.8 Å². The molecule has 6 heteroatoms. The maximum absolute atomic E-state index is 12.2. The van der Waals surface area contributed by atoms with Crippen LogP contribution in [0.15, 0.2) is 0 Å². The number of ether oxygens (including phenoxy) is 1. The van der Waals surface area contributed by atoms with Crippen LogP contribution in [-0.2, 0) is 10.2 Å². The van der Waals surface area contributed by atoms with Crippen LogP contribution in [0, 0.1) is 5.92 Å². The number of aromatic nitrogens is 3. The third kappa shape index (κ3) is 4.03. The van der Waals surface area contributed by atoms with Crippen LogP contribution in [-0.4, -0.2) is 52.8 Å². The number of carbonyl (C=O) groups is 1. The average Bonchev–Trinajstić information content (AvgIpc) is 3.05. The Bertz CT molecular complexity index is 460. The molecule has 1 aliphatic carbocycles. The summed E-state index contributed by atoms with van der Waals surface area (Å²) in [7, 11) is 1.75. The van der Waals surface area contributed by atoms with Crippen LogP contribution in [0.3, 0.4) is 0 Å². The molecule has 1 amide bonds. The van der Waals surface area contributed by atoms with Gasteiger partial charge in [-0.05, 0) is 18.8 Å². The van der Waals surface area contributed by atoms with Crippen molar-refractivity contribution in [1.29, 1.82) is 0 Å². The lowest BCUT2D eigenvalue weighted by atomic mass is 9.96. The summed E-state index contributed by atoms with van der Waals surface area (Å²) in [6.45, 7) is 8.02. The highest BCUT2D eigenvalue weighted by Crippen LogP contribution is 2.28. The van der Waals surface area contributed by atoms with Gasteiger partial charge in [-0.25, -0.2) is 4.98 Å². The SMILES string of the molecule is CN(CCOCC1CC1)C(=O)c1n[nH]c(C(C)(C)C)n1. The number of likely N-dealkylation sites (N-methyl/N-ethyl adjacent to an activating group) is 1. The zero-order valence-corrected chi connectivity index (χ0v) is 12.8. The summed E-state index contributed by atoms with van der Waals surface area (Å²) < 4.78 is 5.53. The van der Waals surface area contributed by atoms with Crippen LogP contribution in [0.25, 0.3) is 0 Å². The fraction of sp³-hybridized carbons (Fsp3) is 0.786. The number of hydrogen-bond acceptors (Lipinski definition) is 4. The molecule has 0 bridgehead atoms. The predicted molar refractivity (Wildman–Crippen MR) is 75.6 cm³/mol. The van der Waals surface area contributed by atoms with Gasteiger partial charge in [0, 0.05) is 25.6 Å². The molecule has 1 N–H and O–H groups in total. The van der Waals surface area contributed by atoms with Crippen LogP contribution in [0.4, 0.5) is 0 Å². The first-order chi connectivity index (χ1) is 9.38. The van der Waals surface area contributed by atoms with Crippen molar-refractivity contribution in [3.8, 4) is 0 Å². The summed E-state index contributed by atoms with van der Waals surface area (Å²) in [6, 6.07) is 0. The van der Waals surface area contributed by atoms with E-state index in [1.54, 1.807) is 11.9 Å². The lowest BCUT2D eigenvalue weighted by molar-refractivity contribution is 0.0671. The molecule has 1 saturated carbocycles. The number of nitrogens with one attached hydrogen (secondary N) is 1. The molecule has 0 spiro atoms. The van der Waals surface area contributed by atoms with Gasteiger partial charge in [0.2, 0.25) is 5.82 Å². The summed E-state index contributed by atoms with van der Waals surface area (Å²) in [5.41, 5.74) is -0.141. The Morgan fingerprint density at radius 3 is 2.70 bits per heavy atom. The van der Waals surface area contributed by atoms with E-state index in [0.717, 1.165) is 18.3 Å². The molecule has 0 aromatic carbocycles. The van der Waals surface area contributed by atoms with Crippen LogP contribution in [0.2, 0.25) is 0 Å². The van der Waals surface area contributed by atoms with Gasteiger partial charge in [-0.2, -0.15) is 0 Å². The monoisotopic (exact) mass is 280 g/mol. The Labute approximate surface area is 119 Å². The lowest BCUT2D eigenvalue weighted by Crippen LogP contribution is -2.31. The molecule has 6 nitrogen and oxygen atoms in total. The van der Waals surface area contributed by atoms with Crippen LogP contribution < -0.4 is 0 Å². The topological polar surface area (TPSA) is 71.1 Å². The van der Waals surface area contributed by atoms with Crippen LogP contribution in [0.5, 0.6) is 0 Å². The number of carbonyl (C=O) groups excluding carboxylic acids is 1. The highest BCUT2D eigenvalue weighted by Gasteiger charge is 2.23. The van der Waals surface area contributed by atoms with Crippen molar-refractivity contribution in [3.63, 3.8) is 0 Å². The minimum atomic E-state index is -0.174. The third-order valence-corrected chi connectivity index (χ3v) is 3.36. The number of aromatic amines is 1. The minimum Gasteiger partial charge on any atom is -0.379 e. The lowest BCUT2D eigenvalue weighted by Gasteiger charge is -2.15. The summed E-state index contributed by atoms with van der Waals surface area (Å²) in [4.78, 5) is 18.0. The maximum Gasteiger partial charge on any atom is 0.293 e. The van der Waals surface area contributed by atoms with Crippen LogP contribution >= 0.6 is 0 Å². The normalized spacial score (nSPS) is 15.4. The van der Waals surface area contributed by atoms with E-state index >= 15 is 0 Å². The van der Waals surface area contributed by atoms with Crippen molar-refractivity contribution in [2.24, 2.45) is 5.92 Å². The molecule has 1 aromatic heterocycles. The molecule has 0 aliphatic heterocycles. The number of nitrogens with zero attached hydrogens (tertiary/aromatic N) is 3. The van der Waals surface area contributed by atoms with Crippen molar-refractivity contribution >= 4 is 5.91 Å². The van der Waals surface area contributed by atoms with E-state index in [9.17, 15) is 4.79 Å². The van der Waals surface area contributed by atoms with E-state index < -0.39 is 0 Å². The molecule has 1 aromatic rings. The van der Waals surface area contributed by atoms with Gasteiger partial charge in [0.1, 0.15) is 5.82 Å². The van der Waals surface area contributed by atoms with E-state index in [4.69, 9.17) is 4.74 Å². The molecule has 112 valence electrons. The minimum absolute atomic E-state index is 0.141. The number of rotatable bonds is 6. The summed E-state index contributed by atoms with van der Waals surface area (Å²) in [5.74, 6) is 1.52. The summed E-state index contributed by atoms with van der Waals surface area (Å²) in [6.07, 6.45) is 2.56. The Morgan fingerprint density at radius 1 is 1.45 bits per heavy atom. The zero-order valence-electron chi connectivity index (χ0n) is 12.8. The van der Waals surface area contributed by atoms with Gasteiger partial charge in [-0.3, -0.25) is 9.89 Å². The van der Waals surface area contributed by atoms with Crippen molar-refractivity contribution in [2.45, 2.75) is 39.0 Å². The second-order valence-corrected chi connectivity index (χ2v) is 6.50. The van der Waals surface area contributed by atoms with Gasteiger partial charge in [-0.1, -0.05) is 20.8 Å². The molecule has 1 fully saturated rings. The highest BCUT2D eigenvalue weighted by molar-refractivity contribution is 5.90. The first kappa shape index (κ1) is 15.0. The Hall–Kier alpha value is -1.43. The van der Waals surface area contributed by atoms with Crippen molar-refractivity contribution < 1.29 is 9.53 Å². The summed E-state index contributed by atoms with van der Waals surface area (Å²) >= 11 is 0. The van der Waals surface area contributed by atoms with E-state index in [1.165, 1.54) is 12.8 Å². The zero-order chi connectivity index (χ0) is 14.8. The van der Waals surface area contributed by atoms with Gasteiger partial charge in [0.15, 0.2) is 0 Å². The number of hydrogen-bond donors (Lipinski definition) is 1. The fourth-order valence-corrected chi connectivity index (χ4v) is 1.70. The highest BCUT2D eigenvalue weighted by atomic mass is 16.5. The maximum atomic E-state index is 12.2. The van der Waals surface area contributed by atoms with Gasteiger partial charge in [-0.15, -0.1) is 5.10 Å². The second kappa shape index (κ2) is 5.91. The predicted octanol–water partition coefficient (Wildman–Crippen LogP) is 1.60. The van der Waals surface area contributed by atoms with E-state index in [-0.39, 0.29) is 17.1 Å². The average molecular weight is 280 g/mol. The van der Waals surface area contributed by atoms with Gasteiger partial charge >= 0.3 is 0 Å². The molecular weight excluding hydrogens is 256 g/mol. The molecule has 1 aliphatic rings. The van der Waals surface area contributed by atoms with Crippen LogP contribution in [0.1, 0.15) is 50.1 Å². The molecule has 20 heavy (non-hydrogen) atoms. The smallest absolute Gasteiger partial charge is 0.293 e. The fourth-order valence-electron chi connectivity index (χ4n) is 1.70. The molecular formula is C14H24N4O2. The first-order valence-electron chi connectivity index (χ1n) is 7.14. The number of amides is 1. The Morgan fingerprint density at radius 2 is 2.15 bits per heavy atom. The van der Waals surface area contributed by atoms with E-state index in [2.05, 4.69) is 15.2 Å². The molecule has 0 unspecified atom stereocenters. The van der Waals surface area contributed by atoms with Gasteiger partial charge < -0.3 is 9.64 Å².